The number of alkyl halides is 1. The molecule has 1 aromatic rings. The van der Waals surface area contributed by atoms with Crippen molar-refractivity contribution in [1.82, 2.24) is 4.90 Å². The van der Waals surface area contributed by atoms with Crippen LogP contribution in [0.4, 0.5) is 0 Å². The molecule has 1 aliphatic heterocycles. The lowest BCUT2D eigenvalue weighted by molar-refractivity contribution is -0.00975. The normalized spacial score (nSPS) is 19.9. The maximum absolute atomic E-state index is 12.3. The molecule has 0 aromatic heterocycles. The van der Waals surface area contributed by atoms with Gasteiger partial charge in [0.15, 0.2) is 0 Å². The van der Waals surface area contributed by atoms with E-state index in [0.29, 0.717) is 30.0 Å². The predicted octanol–water partition coefficient (Wildman–Crippen LogP) is 2.28. The number of carbonyl (C=O) groups is 1. The Labute approximate surface area is 119 Å². The number of nitrogens with zero attached hydrogens (tertiary/aromatic N) is 1. The van der Waals surface area contributed by atoms with Gasteiger partial charge in [-0.05, 0) is 18.2 Å². The smallest absolute Gasteiger partial charge is 0.257 e. The minimum absolute atomic E-state index is 0.0102. The van der Waals surface area contributed by atoms with Gasteiger partial charge in [0.2, 0.25) is 0 Å². The number of hydrogen-bond donors (Lipinski definition) is 1. The molecule has 1 unspecified atom stereocenters. The fourth-order valence-corrected chi connectivity index (χ4v) is 2.41. The van der Waals surface area contributed by atoms with E-state index in [0.717, 1.165) is 0 Å². The van der Waals surface area contributed by atoms with Gasteiger partial charge in [-0.1, -0.05) is 27.5 Å². The van der Waals surface area contributed by atoms with E-state index < -0.39 is 0 Å². The Morgan fingerprint density at radius 3 is 3.11 bits per heavy atom. The zero-order chi connectivity index (χ0) is 13.1. The minimum atomic E-state index is -0.218. The highest BCUT2D eigenvalue weighted by atomic mass is 79.9. The van der Waals surface area contributed by atoms with Gasteiger partial charge < -0.3 is 14.7 Å². The number of phenolic OH excluding ortho intramolecular Hbond substituents is 1. The van der Waals surface area contributed by atoms with Crippen molar-refractivity contribution in [2.24, 2.45) is 0 Å². The van der Waals surface area contributed by atoms with Crippen LogP contribution in [0.15, 0.2) is 18.2 Å². The van der Waals surface area contributed by atoms with Crippen LogP contribution in [0.1, 0.15) is 10.4 Å². The van der Waals surface area contributed by atoms with Crippen LogP contribution < -0.4 is 0 Å². The quantitative estimate of drug-likeness (QED) is 0.844. The average Bonchev–Trinajstić information content (AvgIpc) is 2.41. The van der Waals surface area contributed by atoms with Crippen molar-refractivity contribution in [3.8, 4) is 5.75 Å². The molecule has 1 fully saturated rings. The van der Waals surface area contributed by atoms with E-state index in [1.54, 1.807) is 11.0 Å². The first-order valence-electron chi connectivity index (χ1n) is 5.57. The summed E-state index contributed by atoms with van der Waals surface area (Å²) in [6, 6.07) is 4.46. The van der Waals surface area contributed by atoms with E-state index in [1.807, 2.05) is 0 Å². The van der Waals surface area contributed by atoms with E-state index in [2.05, 4.69) is 15.9 Å². The second-order valence-electron chi connectivity index (χ2n) is 4.06. The molecule has 0 radical (unpaired) electrons. The van der Waals surface area contributed by atoms with Gasteiger partial charge >= 0.3 is 0 Å². The van der Waals surface area contributed by atoms with Gasteiger partial charge in [-0.2, -0.15) is 0 Å². The number of carbonyl (C=O) groups excluding carboxylic acids is 1. The first-order valence-corrected chi connectivity index (χ1v) is 7.07. The van der Waals surface area contributed by atoms with Gasteiger partial charge in [-0.3, -0.25) is 4.79 Å². The van der Waals surface area contributed by atoms with Crippen molar-refractivity contribution in [1.29, 1.82) is 0 Å². The van der Waals surface area contributed by atoms with Crippen LogP contribution in [0.5, 0.6) is 5.75 Å². The number of benzene rings is 1. The van der Waals surface area contributed by atoms with Crippen molar-refractivity contribution < 1.29 is 14.6 Å². The summed E-state index contributed by atoms with van der Waals surface area (Å²) >= 11 is 9.18. The third-order valence-electron chi connectivity index (χ3n) is 2.79. The Hall–Kier alpha value is -0.780. The van der Waals surface area contributed by atoms with E-state index in [1.165, 1.54) is 12.1 Å². The Morgan fingerprint density at radius 2 is 2.39 bits per heavy atom. The summed E-state index contributed by atoms with van der Waals surface area (Å²) in [5.74, 6) is -0.268. The van der Waals surface area contributed by atoms with Crippen molar-refractivity contribution >= 4 is 33.4 Å². The van der Waals surface area contributed by atoms with Crippen LogP contribution in [0.2, 0.25) is 5.02 Å². The number of morpholine rings is 1. The van der Waals surface area contributed by atoms with Crippen LogP contribution in [-0.2, 0) is 4.74 Å². The molecule has 18 heavy (non-hydrogen) atoms. The third-order valence-corrected chi connectivity index (χ3v) is 3.74. The highest BCUT2D eigenvalue weighted by Gasteiger charge is 2.25. The molecule has 1 aromatic carbocycles. The zero-order valence-corrected chi connectivity index (χ0v) is 11.9. The lowest BCUT2D eigenvalue weighted by Crippen LogP contribution is -2.46. The van der Waals surface area contributed by atoms with Crippen molar-refractivity contribution in [3.63, 3.8) is 0 Å². The first-order chi connectivity index (χ1) is 8.61. The Balaban J connectivity index is 2.17. The molecular formula is C12H13BrClNO3. The molecule has 1 amide bonds. The average molecular weight is 335 g/mol. The fraction of sp³-hybridized carbons (Fsp3) is 0.417. The summed E-state index contributed by atoms with van der Waals surface area (Å²) in [4.78, 5) is 13.9. The van der Waals surface area contributed by atoms with Gasteiger partial charge in [0.05, 0.1) is 18.3 Å². The number of rotatable bonds is 2. The number of phenols is 1. The summed E-state index contributed by atoms with van der Waals surface area (Å²) in [6.45, 7) is 1.54. The summed E-state index contributed by atoms with van der Waals surface area (Å²) in [5.41, 5.74) is 0.234. The first kappa shape index (κ1) is 13.6. The Bertz CT molecular complexity index is 455. The number of aromatic hydroxyl groups is 1. The number of amides is 1. The zero-order valence-electron chi connectivity index (χ0n) is 9.60. The Kier molecular flexibility index (Phi) is 4.48. The second kappa shape index (κ2) is 5.91. The molecule has 1 atom stereocenters. The molecule has 0 bridgehead atoms. The molecular weight excluding hydrogens is 321 g/mol. The summed E-state index contributed by atoms with van der Waals surface area (Å²) in [5, 5.41) is 10.8. The molecule has 1 heterocycles. The van der Waals surface area contributed by atoms with Gasteiger partial charge in [-0.25, -0.2) is 0 Å². The number of halogens is 2. The molecule has 4 nitrogen and oxygen atoms in total. The third kappa shape index (κ3) is 2.96. The maximum Gasteiger partial charge on any atom is 0.257 e. The molecule has 0 spiro atoms. The van der Waals surface area contributed by atoms with Crippen LogP contribution in [0.25, 0.3) is 0 Å². The summed E-state index contributed by atoms with van der Waals surface area (Å²) in [6.07, 6.45) is -0.0102. The lowest BCUT2D eigenvalue weighted by atomic mass is 10.1. The minimum Gasteiger partial charge on any atom is -0.507 e. The molecule has 1 N–H and O–H groups in total. The van der Waals surface area contributed by atoms with Crippen molar-refractivity contribution in [2.75, 3.05) is 25.0 Å². The monoisotopic (exact) mass is 333 g/mol. The van der Waals surface area contributed by atoms with Crippen LogP contribution in [-0.4, -0.2) is 47.0 Å². The van der Waals surface area contributed by atoms with Gasteiger partial charge in [-0.15, -0.1) is 0 Å². The summed E-state index contributed by atoms with van der Waals surface area (Å²) < 4.78 is 5.47. The number of hydrogen-bond acceptors (Lipinski definition) is 3. The molecule has 1 saturated heterocycles. The van der Waals surface area contributed by atoms with Crippen LogP contribution in [0, 0.1) is 0 Å². The SMILES string of the molecule is O=C(c1cc(Cl)ccc1O)N1CCOC(CBr)C1. The van der Waals surface area contributed by atoms with E-state index >= 15 is 0 Å². The van der Waals surface area contributed by atoms with E-state index in [9.17, 15) is 9.90 Å². The molecule has 1 aliphatic rings. The molecule has 6 heteroatoms. The maximum atomic E-state index is 12.3. The standard InChI is InChI=1S/C12H13BrClNO3/c13-6-9-7-15(3-4-18-9)12(17)10-5-8(14)1-2-11(10)16/h1-2,5,9,16H,3-4,6-7H2. The lowest BCUT2D eigenvalue weighted by Gasteiger charge is -2.32. The Morgan fingerprint density at radius 1 is 1.61 bits per heavy atom. The molecule has 2 rings (SSSR count). The van der Waals surface area contributed by atoms with Gasteiger partial charge in [0, 0.05) is 23.4 Å². The predicted molar refractivity (Wildman–Crippen MR) is 72.6 cm³/mol. The highest BCUT2D eigenvalue weighted by molar-refractivity contribution is 9.09. The molecule has 98 valence electrons. The van der Waals surface area contributed by atoms with E-state index in [4.69, 9.17) is 16.3 Å². The number of ether oxygens (including phenoxy) is 1. The molecule has 0 saturated carbocycles. The van der Waals surface area contributed by atoms with Crippen molar-refractivity contribution in [3.05, 3.63) is 28.8 Å². The largest absolute Gasteiger partial charge is 0.507 e. The van der Waals surface area contributed by atoms with Gasteiger partial charge in [0.1, 0.15) is 5.75 Å². The molecule has 0 aliphatic carbocycles. The van der Waals surface area contributed by atoms with E-state index in [-0.39, 0.29) is 23.3 Å². The summed E-state index contributed by atoms with van der Waals surface area (Å²) in [7, 11) is 0. The fourth-order valence-electron chi connectivity index (χ4n) is 1.85. The van der Waals surface area contributed by atoms with Gasteiger partial charge in [0.25, 0.3) is 5.91 Å². The van der Waals surface area contributed by atoms with Crippen LogP contribution in [0.3, 0.4) is 0 Å². The highest BCUT2D eigenvalue weighted by Crippen LogP contribution is 2.23. The second-order valence-corrected chi connectivity index (χ2v) is 5.14. The van der Waals surface area contributed by atoms with Crippen molar-refractivity contribution in [2.45, 2.75) is 6.10 Å². The van der Waals surface area contributed by atoms with Crippen LogP contribution >= 0.6 is 27.5 Å². The topological polar surface area (TPSA) is 49.8 Å².